The second kappa shape index (κ2) is 6.05. The fraction of sp³-hybridized carbons (Fsp3) is 0.133. The molecule has 3 aromatic rings. The van der Waals surface area contributed by atoms with Crippen LogP contribution in [0.2, 0.25) is 0 Å². The van der Waals surface area contributed by atoms with Crippen LogP contribution < -0.4 is 9.46 Å². The van der Waals surface area contributed by atoms with Crippen molar-refractivity contribution in [3.8, 4) is 16.9 Å². The Balaban J connectivity index is 1.91. The maximum atomic E-state index is 12.4. The molecule has 0 aliphatic carbocycles. The molecular weight excluding hydrogens is 336 g/mol. The Morgan fingerprint density at radius 3 is 2.52 bits per heavy atom. The highest BCUT2D eigenvalue weighted by atomic mass is 32.2. The molecule has 120 valence electrons. The van der Waals surface area contributed by atoms with E-state index in [-0.39, 0.29) is 10.1 Å². The van der Waals surface area contributed by atoms with Gasteiger partial charge in [0.05, 0.1) is 18.9 Å². The third-order valence-electron chi connectivity index (χ3n) is 3.18. The number of sulfonamides is 1. The smallest absolute Gasteiger partial charge is 0.273 e. The number of rotatable bonds is 5. The van der Waals surface area contributed by atoms with Crippen LogP contribution in [0.3, 0.4) is 0 Å². The van der Waals surface area contributed by atoms with Gasteiger partial charge in [-0.15, -0.1) is 11.3 Å². The van der Waals surface area contributed by atoms with Gasteiger partial charge in [-0.3, -0.25) is 0 Å². The lowest BCUT2D eigenvalue weighted by Gasteiger charge is -2.06. The van der Waals surface area contributed by atoms with Crippen molar-refractivity contribution in [3.63, 3.8) is 0 Å². The normalized spacial score (nSPS) is 11.4. The van der Waals surface area contributed by atoms with Crippen LogP contribution in [-0.4, -0.2) is 20.7 Å². The fourth-order valence-electron chi connectivity index (χ4n) is 2.02. The maximum absolute atomic E-state index is 12.4. The molecule has 0 unspecified atom stereocenters. The van der Waals surface area contributed by atoms with Gasteiger partial charge in [0.1, 0.15) is 9.96 Å². The van der Waals surface area contributed by atoms with Crippen LogP contribution in [0.5, 0.6) is 5.75 Å². The first kappa shape index (κ1) is 15.6. The molecule has 2 aromatic heterocycles. The lowest BCUT2D eigenvalue weighted by atomic mass is 10.1. The first-order valence-corrected chi connectivity index (χ1v) is 8.98. The van der Waals surface area contributed by atoms with Gasteiger partial charge in [-0.05, 0) is 36.8 Å². The average Bonchev–Trinajstić information content (AvgIpc) is 3.16. The van der Waals surface area contributed by atoms with Crippen LogP contribution in [0.15, 0.2) is 51.3 Å². The minimum Gasteiger partial charge on any atom is -0.497 e. The lowest BCUT2D eigenvalue weighted by Crippen LogP contribution is -2.11. The number of nitrogens with zero attached hydrogens (tertiary/aromatic N) is 1. The summed E-state index contributed by atoms with van der Waals surface area (Å²) in [6.07, 6.45) is 1.47. The predicted octanol–water partition coefficient (Wildman–Crippen LogP) is 3.52. The summed E-state index contributed by atoms with van der Waals surface area (Å²) in [6, 6.07) is 10.5. The van der Waals surface area contributed by atoms with Crippen LogP contribution in [0, 0.1) is 6.92 Å². The monoisotopic (exact) mass is 350 g/mol. The van der Waals surface area contributed by atoms with E-state index >= 15 is 0 Å². The molecule has 1 N–H and O–H groups in total. The summed E-state index contributed by atoms with van der Waals surface area (Å²) in [5.41, 5.74) is 1.33. The molecule has 0 saturated carbocycles. The van der Waals surface area contributed by atoms with Crippen molar-refractivity contribution >= 4 is 27.2 Å². The summed E-state index contributed by atoms with van der Waals surface area (Å²) in [4.78, 5) is 0.915. The predicted molar refractivity (Wildman–Crippen MR) is 88.4 cm³/mol. The van der Waals surface area contributed by atoms with Crippen molar-refractivity contribution in [1.82, 2.24) is 5.16 Å². The highest BCUT2D eigenvalue weighted by Crippen LogP contribution is 2.31. The standard InChI is InChI=1S/C15H14N2O4S2/c1-10-3-8-14(22-10)23(18,19)17-15-13(9-16-21-15)11-4-6-12(20-2)7-5-11/h3-9,17H,1-2H3. The number of methoxy groups -OCH3 is 1. The molecule has 2 heterocycles. The number of benzene rings is 1. The van der Waals surface area contributed by atoms with Gasteiger partial charge in [0.2, 0.25) is 5.88 Å². The van der Waals surface area contributed by atoms with Crippen molar-refractivity contribution < 1.29 is 17.7 Å². The summed E-state index contributed by atoms with van der Waals surface area (Å²) < 4.78 is 37.6. The van der Waals surface area contributed by atoms with Gasteiger partial charge in [0, 0.05) is 4.88 Å². The fourth-order valence-corrected chi connectivity index (χ4v) is 4.31. The Labute approximate surface area is 137 Å². The van der Waals surface area contributed by atoms with Crippen molar-refractivity contribution in [3.05, 3.63) is 47.5 Å². The van der Waals surface area contributed by atoms with E-state index in [1.807, 2.05) is 6.92 Å². The third-order valence-corrected chi connectivity index (χ3v) is 6.00. The SMILES string of the molecule is COc1ccc(-c2cnoc2NS(=O)(=O)c2ccc(C)s2)cc1. The molecule has 0 aliphatic rings. The summed E-state index contributed by atoms with van der Waals surface area (Å²) in [6.45, 7) is 1.85. The van der Waals surface area contributed by atoms with E-state index in [4.69, 9.17) is 9.26 Å². The van der Waals surface area contributed by atoms with Crippen molar-refractivity contribution in [1.29, 1.82) is 0 Å². The quantitative estimate of drug-likeness (QED) is 0.761. The number of ether oxygens (including phenoxy) is 1. The van der Waals surface area contributed by atoms with E-state index in [9.17, 15) is 8.42 Å². The lowest BCUT2D eigenvalue weighted by molar-refractivity contribution is 0.415. The highest BCUT2D eigenvalue weighted by molar-refractivity contribution is 7.94. The van der Waals surface area contributed by atoms with Gasteiger partial charge in [0.25, 0.3) is 10.0 Å². The molecule has 0 radical (unpaired) electrons. The van der Waals surface area contributed by atoms with Crippen LogP contribution in [0.1, 0.15) is 4.88 Å². The zero-order valence-electron chi connectivity index (χ0n) is 12.4. The Hall–Kier alpha value is -2.32. The first-order valence-electron chi connectivity index (χ1n) is 6.68. The number of hydrogen-bond donors (Lipinski definition) is 1. The highest BCUT2D eigenvalue weighted by Gasteiger charge is 2.21. The van der Waals surface area contributed by atoms with E-state index in [1.165, 1.54) is 17.5 Å². The van der Waals surface area contributed by atoms with E-state index < -0.39 is 10.0 Å². The van der Waals surface area contributed by atoms with Crippen LogP contribution in [0.25, 0.3) is 11.1 Å². The number of anilines is 1. The number of thiophene rings is 1. The second-order valence-electron chi connectivity index (χ2n) is 4.77. The Morgan fingerprint density at radius 1 is 1.17 bits per heavy atom. The zero-order valence-corrected chi connectivity index (χ0v) is 14.1. The minimum absolute atomic E-state index is 0.0845. The maximum Gasteiger partial charge on any atom is 0.273 e. The summed E-state index contributed by atoms with van der Waals surface area (Å²) in [7, 11) is -2.12. The average molecular weight is 350 g/mol. The Morgan fingerprint density at radius 2 is 1.91 bits per heavy atom. The summed E-state index contributed by atoms with van der Waals surface area (Å²) >= 11 is 1.19. The largest absolute Gasteiger partial charge is 0.497 e. The molecule has 0 saturated heterocycles. The molecule has 0 atom stereocenters. The Bertz CT molecular complexity index is 911. The molecule has 8 heteroatoms. The van der Waals surface area contributed by atoms with Crippen LogP contribution in [0.4, 0.5) is 5.88 Å². The van der Waals surface area contributed by atoms with E-state index in [1.54, 1.807) is 43.5 Å². The van der Waals surface area contributed by atoms with Gasteiger partial charge in [-0.1, -0.05) is 17.3 Å². The third kappa shape index (κ3) is 3.22. The van der Waals surface area contributed by atoms with Gasteiger partial charge < -0.3 is 9.26 Å². The van der Waals surface area contributed by atoms with Gasteiger partial charge in [0.15, 0.2) is 0 Å². The Kier molecular flexibility index (Phi) is 4.10. The zero-order chi connectivity index (χ0) is 16.4. The molecule has 0 aliphatic heterocycles. The van der Waals surface area contributed by atoms with Crippen molar-refractivity contribution in [2.45, 2.75) is 11.1 Å². The summed E-state index contributed by atoms with van der Waals surface area (Å²) in [5, 5.41) is 3.69. The first-order chi connectivity index (χ1) is 11.0. The van der Waals surface area contributed by atoms with Crippen LogP contribution >= 0.6 is 11.3 Å². The molecule has 0 fully saturated rings. The van der Waals surface area contributed by atoms with E-state index in [2.05, 4.69) is 9.88 Å². The molecular formula is C15H14N2O4S2. The number of aryl methyl sites for hydroxylation is 1. The molecule has 23 heavy (non-hydrogen) atoms. The molecule has 1 aromatic carbocycles. The van der Waals surface area contributed by atoms with Gasteiger partial charge >= 0.3 is 0 Å². The molecule has 0 spiro atoms. The molecule has 0 bridgehead atoms. The van der Waals surface area contributed by atoms with E-state index in [0.29, 0.717) is 11.3 Å². The van der Waals surface area contributed by atoms with E-state index in [0.717, 1.165) is 10.4 Å². The second-order valence-corrected chi connectivity index (χ2v) is 7.96. The minimum atomic E-state index is -3.70. The number of aromatic nitrogens is 1. The van der Waals surface area contributed by atoms with Crippen molar-refractivity contribution in [2.75, 3.05) is 11.8 Å². The summed E-state index contributed by atoms with van der Waals surface area (Å²) in [5.74, 6) is 0.794. The molecule has 6 nitrogen and oxygen atoms in total. The van der Waals surface area contributed by atoms with Crippen molar-refractivity contribution in [2.24, 2.45) is 0 Å². The topological polar surface area (TPSA) is 81.4 Å². The number of nitrogens with one attached hydrogen (secondary N) is 1. The van der Waals surface area contributed by atoms with Crippen LogP contribution in [-0.2, 0) is 10.0 Å². The molecule has 3 rings (SSSR count). The molecule has 0 amide bonds. The number of hydrogen-bond acceptors (Lipinski definition) is 6. The van der Waals surface area contributed by atoms with Gasteiger partial charge in [-0.25, -0.2) is 13.1 Å². The van der Waals surface area contributed by atoms with Gasteiger partial charge in [-0.2, -0.15) is 0 Å².